The van der Waals surface area contributed by atoms with Gasteiger partial charge in [0, 0.05) is 23.4 Å². The summed E-state index contributed by atoms with van der Waals surface area (Å²) < 4.78 is 0. The summed E-state index contributed by atoms with van der Waals surface area (Å²) in [6.07, 6.45) is 0. The third-order valence-electron chi connectivity index (χ3n) is 2.44. The van der Waals surface area contributed by atoms with E-state index in [1.54, 1.807) is 31.2 Å². The zero-order valence-electron chi connectivity index (χ0n) is 9.66. The molecule has 0 N–H and O–H groups in total. The molecule has 0 aliphatic heterocycles. The molecule has 0 radical (unpaired) electrons. The normalized spacial score (nSPS) is 10.1. The lowest BCUT2D eigenvalue weighted by atomic mass is 10.1. The minimum atomic E-state index is -0.527. The summed E-state index contributed by atoms with van der Waals surface area (Å²) in [6, 6.07) is 10.7. The molecule has 0 aliphatic rings. The second-order valence-electron chi connectivity index (χ2n) is 3.80. The first-order chi connectivity index (χ1) is 8.58. The molecule has 0 bridgehead atoms. The number of aromatic nitrogens is 1. The fourth-order valence-electron chi connectivity index (χ4n) is 1.58. The van der Waals surface area contributed by atoms with Crippen LogP contribution in [0.4, 0.5) is 5.69 Å². The summed E-state index contributed by atoms with van der Waals surface area (Å²) in [5.74, 6) is -0.317. The maximum absolute atomic E-state index is 12.1. The third kappa shape index (κ3) is 2.40. The average molecular weight is 242 g/mol. The SMILES string of the molecule is Cc1cccc(C(=O)c2cccc([N+](=O)[O-])c2)n1. The Labute approximate surface area is 103 Å². The monoisotopic (exact) mass is 242 g/mol. The van der Waals surface area contributed by atoms with Crippen LogP contribution >= 0.6 is 0 Å². The number of hydrogen-bond donors (Lipinski definition) is 0. The van der Waals surface area contributed by atoms with Crippen LogP contribution in [-0.2, 0) is 0 Å². The van der Waals surface area contributed by atoms with Crippen LogP contribution in [-0.4, -0.2) is 15.7 Å². The summed E-state index contributed by atoms with van der Waals surface area (Å²) in [5, 5.41) is 10.6. The number of hydrogen-bond acceptors (Lipinski definition) is 4. The van der Waals surface area contributed by atoms with Gasteiger partial charge in [-0.3, -0.25) is 14.9 Å². The van der Waals surface area contributed by atoms with Gasteiger partial charge in [0.15, 0.2) is 0 Å². The van der Waals surface area contributed by atoms with Crippen molar-refractivity contribution in [2.75, 3.05) is 0 Å². The lowest BCUT2D eigenvalue weighted by Crippen LogP contribution is -2.05. The summed E-state index contributed by atoms with van der Waals surface area (Å²) in [7, 11) is 0. The highest BCUT2D eigenvalue weighted by molar-refractivity contribution is 6.08. The molecule has 0 spiro atoms. The summed E-state index contributed by atoms with van der Waals surface area (Å²) >= 11 is 0. The molecule has 0 atom stereocenters. The van der Waals surface area contributed by atoms with E-state index < -0.39 is 4.92 Å². The summed E-state index contributed by atoms with van der Waals surface area (Å²) in [6.45, 7) is 1.78. The van der Waals surface area contributed by atoms with Gasteiger partial charge in [-0.15, -0.1) is 0 Å². The Morgan fingerprint density at radius 2 is 1.94 bits per heavy atom. The van der Waals surface area contributed by atoms with Crippen molar-refractivity contribution >= 4 is 11.5 Å². The molecule has 5 heteroatoms. The highest BCUT2D eigenvalue weighted by Gasteiger charge is 2.14. The predicted molar refractivity (Wildman–Crippen MR) is 65.5 cm³/mol. The van der Waals surface area contributed by atoms with E-state index in [0.717, 1.165) is 5.69 Å². The second kappa shape index (κ2) is 4.75. The number of ketones is 1. The van der Waals surface area contributed by atoms with Gasteiger partial charge in [-0.1, -0.05) is 18.2 Å². The molecule has 2 rings (SSSR count). The van der Waals surface area contributed by atoms with Crippen LogP contribution in [0.25, 0.3) is 0 Å². The average Bonchev–Trinajstić information content (AvgIpc) is 2.38. The van der Waals surface area contributed by atoms with Crippen molar-refractivity contribution in [1.29, 1.82) is 0 Å². The summed E-state index contributed by atoms with van der Waals surface area (Å²) in [4.78, 5) is 26.3. The molecular formula is C13H10N2O3. The molecule has 0 aliphatic carbocycles. The molecule has 0 saturated heterocycles. The van der Waals surface area contributed by atoms with Crippen molar-refractivity contribution in [3.63, 3.8) is 0 Å². The lowest BCUT2D eigenvalue weighted by Gasteiger charge is -2.01. The van der Waals surface area contributed by atoms with E-state index in [1.165, 1.54) is 18.2 Å². The van der Waals surface area contributed by atoms with Crippen molar-refractivity contribution in [3.8, 4) is 0 Å². The molecule has 0 fully saturated rings. The van der Waals surface area contributed by atoms with Gasteiger partial charge < -0.3 is 0 Å². The number of benzene rings is 1. The molecule has 1 aromatic carbocycles. The van der Waals surface area contributed by atoms with Crippen molar-refractivity contribution in [3.05, 3.63) is 69.5 Å². The Morgan fingerprint density at radius 3 is 2.61 bits per heavy atom. The second-order valence-corrected chi connectivity index (χ2v) is 3.80. The zero-order chi connectivity index (χ0) is 13.1. The minimum Gasteiger partial charge on any atom is -0.287 e. The maximum atomic E-state index is 12.1. The first-order valence-electron chi connectivity index (χ1n) is 5.31. The quantitative estimate of drug-likeness (QED) is 0.471. The Bertz CT molecular complexity index is 623. The smallest absolute Gasteiger partial charge is 0.270 e. The minimum absolute atomic E-state index is 0.103. The Hall–Kier alpha value is -2.56. The number of pyridine rings is 1. The number of aryl methyl sites for hydroxylation is 1. The molecule has 0 amide bonds. The van der Waals surface area contributed by atoms with Crippen LogP contribution in [0, 0.1) is 17.0 Å². The van der Waals surface area contributed by atoms with E-state index in [0.29, 0.717) is 0 Å². The Kier molecular flexibility index (Phi) is 3.14. The van der Waals surface area contributed by atoms with Gasteiger partial charge in [-0.2, -0.15) is 0 Å². The number of nitro benzene ring substituents is 1. The van der Waals surface area contributed by atoms with Crippen molar-refractivity contribution in [2.45, 2.75) is 6.92 Å². The van der Waals surface area contributed by atoms with Crippen molar-refractivity contribution in [2.24, 2.45) is 0 Å². The molecule has 0 unspecified atom stereocenters. The van der Waals surface area contributed by atoms with E-state index in [9.17, 15) is 14.9 Å². The molecule has 5 nitrogen and oxygen atoms in total. The maximum Gasteiger partial charge on any atom is 0.270 e. The number of carbonyl (C=O) groups is 1. The molecule has 90 valence electrons. The molecule has 1 aromatic heterocycles. The van der Waals surface area contributed by atoms with Crippen LogP contribution in [0.2, 0.25) is 0 Å². The Morgan fingerprint density at radius 1 is 1.22 bits per heavy atom. The van der Waals surface area contributed by atoms with E-state index >= 15 is 0 Å². The van der Waals surface area contributed by atoms with E-state index in [1.807, 2.05) is 0 Å². The number of carbonyl (C=O) groups excluding carboxylic acids is 1. The highest BCUT2D eigenvalue weighted by atomic mass is 16.6. The van der Waals surface area contributed by atoms with Crippen molar-refractivity contribution in [1.82, 2.24) is 4.98 Å². The number of nitro groups is 1. The molecule has 1 heterocycles. The summed E-state index contributed by atoms with van der Waals surface area (Å²) in [5.41, 5.74) is 1.18. The zero-order valence-corrected chi connectivity index (χ0v) is 9.66. The van der Waals surface area contributed by atoms with Crippen LogP contribution in [0.3, 0.4) is 0 Å². The predicted octanol–water partition coefficient (Wildman–Crippen LogP) is 2.53. The van der Waals surface area contributed by atoms with Gasteiger partial charge in [-0.05, 0) is 19.1 Å². The topological polar surface area (TPSA) is 73.1 Å². The van der Waals surface area contributed by atoms with E-state index in [-0.39, 0.29) is 22.7 Å². The number of rotatable bonds is 3. The van der Waals surface area contributed by atoms with Gasteiger partial charge >= 0.3 is 0 Å². The lowest BCUT2D eigenvalue weighted by molar-refractivity contribution is -0.384. The molecule has 0 saturated carbocycles. The first kappa shape index (κ1) is 11.9. The van der Waals surface area contributed by atoms with Crippen LogP contribution < -0.4 is 0 Å². The largest absolute Gasteiger partial charge is 0.287 e. The highest BCUT2D eigenvalue weighted by Crippen LogP contribution is 2.15. The first-order valence-corrected chi connectivity index (χ1v) is 5.31. The fourth-order valence-corrected chi connectivity index (χ4v) is 1.58. The van der Waals surface area contributed by atoms with Gasteiger partial charge in [0.1, 0.15) is 5.69 Å². The van der Waals surface area contributed by atoms with Crippen LogP contribution in [0.1, 0.15) is 21.7 Å². The van der Waals surface area contributed by atoms with Crippen LogP contribution in [0.15, 0.2) is 42.5 Å². The standard InChI is InChI=1S/C13H10N2O3/c1-9-4-2-7-12(14-9)13(16)10-5-3-6-11(8-10)15(17)18/h2-8H,1H3. The van der Waals surface area contributed by atoms with Gasteiger partial charge in [0.25, 0.3) is 5.69 Å². The van der Waals surface area contributed by atoms with Gasteiger partial charge in [0.2, 0.25) is 5.78 Å². The van der Waals surface area contributed by atoms with Gasteiger partial charge in [-0.25, -0.2) is 4.98 Å². The third-order valence-corrected chi connectivity index (χ3v) is 2.44. The van der Waals surface area contributed by atoms with Gasteiger partial charge in [0.05, 0.1) is 4.92 Å². The molecule has 18 heavy (non-hydrogen) atoms. The van der Waals surface area contributed by atoms with Crippen molar-refractivity contribution < 1.29 is 9.72 Å². The number of nitrogens with zero attached hydrogens (tertiary/aromatic N) is 2. The Balaban J connectivity index is 2.40. The van der Waals surface area contributed by atoms with E-state index in [4.69, 9.17) is 0 Å². The van der Waals surface area contributed by atoms with Crippen LogP contribution in [0.5, 0.6) is 0 Å². The fraction of sp³-hybridized carbons (Fsp3) is 0.0769. The number of non-ortho nitro benzene ring substituents is 1. The molecular weight excluding hydrogens is 232 g/mol. The molecule has 2 aromatic rings. The van der Waals surface area contributed by atoms with E-state index in [2.05, 4.69) is 4.98 Å².